The summed E-state index contributed by atoms with van der Waals surface area (Å²) in [5.41, 5.74) is 4.23. The minimum atomic E-state index is 0.0569. The van der Waals surface area contributed by atoms with Gasteiger partial charge < -0.3 is 15.5 Å². The standard InChI is InChI=1S/C20H27N3O/c1-15(2)12-20(24)22-18-7-5-6-17(13-18)21-14-16-8-10-19(11-9-16)23(3)4/h5-11,13,15,21H,12,14H2,1-4H3,(H,22,24). The van der Waals surface area contributed by atoms with E-state index in [0.717, 1.165) is 17.9 Å². The first kappa shape index (κ1) is 17.9. The Morgan fingerprint density at radius 1 is 1.04 bits per heavy atom. The van der Waals surface area contributed by atoms with E-state index in [4.69, 9.17) is 0 Å². The molecule has 0 aromatic heterocycles. The third kappa shape index (κ3) is 5.61. The van der Waals surface area contributed by atoms with Crippen LogP contribution in [-0.2, 0) is 11.3 Å². The van der Waals surface area contributed by atoms with Gasteiger partial charge in [0.2, 0.25) is 5.91 Å². The number of nitrogens with one attached hydrogen (secondary N) is 2. The molecule has 128 valence electrons. The summed E-state index contributed by atoms with van der Waals surface area (Å²) in [6.45, 7) is 4.83. The Bertz CT molecular complexity index is 663. The molecule has 4 nitrogen and oxygen atoms in total. The Labute approximate surface area is 144 Å². The maximum atomic E-state index is 11.9. The molecule has 0 fully saturated rings. The van der Waals surface area contributed by atoms with Crippen molar-refractivity contribution in [3.8, 4) is 0 Å². The van der Waals surface area contributed by atoms with Gasteiger partial charge in [-0.15, -0.1) is 0 Å². The first-order valence-electron chi connectivity index (χ1n) is 8.34. The van der Waals surface area contributed by atoms with Gasteiger partial charge in [0.05, 0.1) is 0 Å². The molecule has 2 aromatic rings. The van der Waals surface area contributed by atoms with Gasteiger partial charge in [-0.3, -0.25) is 4.79 Å². The van der Waals surface area contributed by atoms with Gasteiger partial charge in [-0.05, 0) is 41.8 Å². The number of amides is 1. The smallest absolute Gasteiger partial charge is 0.224 e. The molecule has 2 rings (SSSR count). The van der Waals surface area contributed by atoms with Crippen LogP contribution in [0.5, 0.6) is 0 Å². The van der Waals surface area contributed by atoms with Crippen LogP contribution in [-0.4, -0.2) is 20.0 Å². The average Bonchev–Trinajstić information content (AvgIpc) is 2.53. The lowest BCUT2D eigenvalue weighted by Gasteiger charge is -2.13. The lowest BCUT2D eigenvalue weighted by Crippen LogP contribution is -2.13. The predicted molar refractivity (Wildman–Crippen MR) is 103 cm³/mol. The SMILES string of the molecule is CC(C)CC(=O)Nc1cccc(NCc2ccc(N(C)C)cc2)c1. The van der Waals surface area contributed by atoms with Crippen molar-refractivity contribution in [1.29, 1.82) is 0 Å². The van der Waals surface area contributed by atoms with Gasteiger partial charge in [-0.2, -0.15) is 0 Å². The van der Waals surface area contributed by atoms with Crippen LogP contribution in [0.3, 0.4) is 0 Å². The first-order valence-corrected chi connectivity index (χ1v) is 8.34. The fourth-order valence-corrected chi connectivity index (χ4v) is 2.41. The van der Waals surface area contributed by atoms with Crippen molar-refractivity contribution < 1.29 is 4.79 Å². The highest BCUT2D eigenvalue weighted by atomic mass is 16.1. The molecule has 0 atom stereocenters. The highest BCUT2D eigenvalue weighted by Gasteiger charge is 2.05. The molecule has 0 heterocycles. The number of anilines is 3. The van der Waals surface area contributed by atoms with E-state index in [9.17, 15) is 4.79 Å². The number of hydrogen-bond acceptors (Lipinski definition) is 3. The molecule has 0 bridgehead atoms. The fourth-order valence-electron chi connectivity index (χ4n) is 2.41. The number of carbonyl (C=O) groups excluding carboxylic acids is 1. The third-order valence-electron chi connectivity index (χ3n) is 3.69. The van der Waals surface area contributed by atoms with E-state index in [-0.39, 0.29) is 5.91 Å². The van der Waals surface area contributed by atoms with Crippen molar-refractivity contribution >= 4 is 23.0 Å². The van der Waals surface area contributed by atoms with E-state index in [1.807, 2.05) is 52.2 Å². The van der Waals surface area contributed by atoms with Crippen LogP contribution in [0.15, 0.2) is 48.5 Å². The van der Waals surface area contributed by atoms with Crippen molar-refractivity contribution in [2.24, 2.45) is 5.92 Å². The number of carbonyl (C=O) groups is 1. The highest BCUT2D eigenvalue weighted by molar-refractivity contribution is 5.91. The van der Waals surface area contributed by atoms with Crippen molar-refractivity contribution in [2.75, 3.05) is 29.6 Å². The van der Waals surface area contributed by atoms with Crippen molar-refractivity contribution in [2.45, 2.75) is 26.8 Å². The lowest BCUT2D eigenvalue weighted by molar-refractivity contribution is -0.116. The Morgan fingerprint density at radius 2 is 1.71 bits per heavy atom. The Morgan fingerprint density at radius 3 is 2.33 bits per heavy atom. The second kappa shape index (κ2) is 8.39. The summed E-state index contributed by atoms with van der Waals surface area (Å²) >= 11 is 0. The Kier molecular flexibility index (Phi) is 6.24. The molecule has 0 unspecified atom stereocenters. The van der Waals surface area contributed by atoms with Crippen LogP contribution in [0.4, 0.5) is 17.1 Å². The number of rotatable bonds is 7. The number of benzene rings is 2. The maximum Gasteiger partial charge on any atom is 0.224 e. The van der Waals surface area contributed by atoms with E-state index in [2.05, 4.69) is 39.8 Å². The molecule has 1 amide bonds. The zero-order valence-electron chi connectivity index (χ0n) is 15.0. The van der Waals surface area contributed by atoms with E-state index in [1.54, 1.807) is 0 Å². The van der Waals surface area contributed by atoms with Crippen LogP contribution in [0.2, 0.25) is 0 Å². The summed E-state index contributed by atoms with van der Waals surface area (Å²) in [6.07, 6.45) is 0.538. The largest absolute Gasteiger partial charge is 0.381 e. The van der Waals surface area contributed by atoms with Crippen molar-refractivity contribution in [3.63, 3.8) is 0 Å². The van der Waals surface area contributed by atoms with Crippen LogP contribution in [0.25, 0.3) is 0 Å². The Balaban J connectivity index is 1.93. The first-order chi connectivity index (χ1) is 11.4. The predicted octanol–water partition coefficient (Wildman–Crippen LogP) is 4.35. The van der Waals surface area contributed by atoms with E-state index >= 15 is 0 Å². The zero-order valence-corrected chi connectivity index (χ0v) is 15.0. The summed E-state index contributed by atoms with van der Waals surface area (Å²) in [7, 11) is 4.07. The second-order valence-corrected chi connectivity index (χ2v) is 6.64. The van der Waals surface area contributed by atoms with Crippen LogP contribution in [0.1, 0.15) is 25.8 Å². The van der Waals surface area contributed by atoms with Crippen LogP contribution < -0.4 is 15.5 Å². The Hall–Kier alpha value is -2.49. The van der Waals surface area contributed by atoms with Gasteiger partial charge in [0.1, 0.15) is 0 Å². The zero-order chi connectivity index (χ0) is 17.5. The number of nitrogens with zero attached hydrogens (tertiary/aromatic N) is 1. The van der Waals surface area contributed by atoms with Gasteiger partial charge >= 0.3 is 0 Å². The van der Waals surface area contributed by atoms with E-state index in [1.165, 1.54) is 11.3 Å². The van der Waals surface area contributed by atoms with E-state index < -0.39 is 0 Å². The molecule has 0 aliphatic rings. The quantitative estimate of drug-likeness (QED) is 0.795. The summed E-state index contributed by atoms with van der Waals surface area (Å²) in [5.74, 6) is 0.415. The summed E-state index contributed by atoms with van der Waals surface area (Å²) in [5, 5.41) is 6.35. The fraction of sp³-hybridized carbons (Fsp3) is 0.350. The van der Waals surface area contributed by atoms with Crippen molar-refractivity contribution in [3.05, 3.63) is 54.1 Å². The van der Waals surface area contributed by atoms with Gasteiger partial charge in [0, 0.05) is 44.1 Å². The minimum absolute atomic E-state index is 0.0569. The third-order valence-corrected chi connectivity index (χ3v) is 3.69. The molecule has 0 saturated heterocycles. The van der Waals surface area contributed by atoms with Gasteiger partial charge in [-0.1, -0.05) is 32.0 Å². The monoisotopic (exact) mass is 325 g/mol. The molecular weight excluding hydrogens is 298 g/mol. The maximum absolute atomic E-state index is 11.9. The lowest BCUT2D eigenvalue weighted by atomic mass is 10.1. The molecule has 0 saturated carbocycles. The van der Waals surface area contributed by atoms with Gasteiger partial charge in [0.25, 0.3) is 0 Å². The topological polar surface area (TPSA) is 44.4 Å². The molecule has 4 heteroatoms. The van der Waals surface area contributed by atoms with Crippen LogP contribution >= 0.6 is 0 Å². The summed E-state index contributed by atoms with van der Waals surface area (Å²) < 4.78 is 0. The molecule has 0 aliphatic carbocycles. The second-order valence-electron chi connectivity index (χ2n) is 6.64. The average molecular weight is 325 g/mol. The molecule has 2 aromatic carbocycles. The summed E-state index contributed by atoms with van der Waals surface area (Å²) in [6, 6.07) is 16.3. The molecular formula is C20H27N3O. The molecule has 0 aliphatic heterocycles. The molecule has 2 N–H and O–H groups in total. The van der Waals surface area contributed by atoms with Gasteiger partial charge in [-0.25, -0.2) is 0 Å². The minimum Gasteiger partial charge on any atom is -0.381 e. The van der Waals surface area contributed by atoms with E-state index in [0.29, 0.717) is 12.3 Å². The summed E-state index contributed by atoms with van der Waals surface area (Å²) in [4.78, 5) is 13.9. The van der Waals surface area contributed by atoms with Crippen molar-refractivity contribution in [1.82, 2.24) is 0 Å². The highest BCUT2D eigenvalue weighted by Crippen LogP contribution is 2.18. The van der Waals surface area contributed by atoms with Gasteiger partial charge in [0.15, 0.2) is 0 Å². The normalized spacial score (nSPS) is 10.5. The van der Waals surface area contributed by atoms with Crippen LogP contribution in [0, 0.1) is 5.92 Å². The molecule has 0 radical (unpaired) electrons. The molecule has 0 spiro atoms. The molecule has 24 heavy (non-hydrogen) atoms. The number of hydrogen-bond donors (Lipinski definition) is 2.